The van der Waals surface area contributed by atoms with E-state index in [4.69, 9.17) is 4.74 Å². The van der Waals surface area contributed by atoms with Crippen molar-refractivity contribution >= 4 is 15.9 Å². The van der Waals surface area contributed by atoms with Crippen LogP contribution in [0.5, 0.6) is 5.75 Å². The number of aliphatic hydroxyl groups excluding tert-OH is 1. The molecule has 108 valence electrons. The molecule has 0 amide bonds. The van der Waals surface area contributed by atoms with E-state index < -0.39 is 6.10 Å². The van der Waals surface area contributed by atoms with Gasteiger partial charge >= 0.3 is 0 Å². The zero-order valence-corrected chi connectivity index (χ0v) is 13.5. The van der Waals surface area contributed by atoms with Gasteiger partial charge in [-0.15, -0.1) is 0 Å². The van der Waals surface area contributed by atoms with E-state index in [1.54, 1.807) is 11.8 Å². The lowest BCUT2D eigenvalue weighted by molar-refractivity contribution is 0.177. The Morgan fingerprint density at radius 3 is 2.85 bits per heavy atom. The van der Waals surface area contributed by atoms with Gasteiger partial charge in [0.1, 0.15) is 5.75 Å². The van der Waals surface area contributed by atoms with Gasteiger partial charge in [0.25, 0.3) is 0 Å². The molecule has 1 unspecified atom stereocenters. The van der Waals surface area contributed by atoms with Crippen LogP contribution in [-0.2, 0) is 19.9 Å². The minimum Gasteiger partial charge on any atom is -0.497 e. The summed E-state index contributed by atoms with van der Waals surface area (Å²) in [5.74, 6) is 0.789. The fourth-order valence-corrected chi connectivity index (χ4v) is 2.67. The highest BCUT2D eigenvalue weighted by Gasteiger charge is 2.17. The Balaban J connectivity index is 2.24. The maximum atomic E-state index is 10.5. The molecule has 5 heteroatoms. The summed E-state index contributed by atoms with van der Waals surface area (Å²) in [6.07, 6.45) is 2.66. The summed E-state index contributed by atoms with van der Waals surface area (Å²) in [7, 11) is 3.51. The molecule has 2 rings (SSSR count). The lowest BCUT2D eigenvalue weighted by atomic mass is 10.0. The average Bonchev–Trinajstić information content (AvgIpc) is 2.82. The number of hydrogen-bond donors (Lipinski definition) is 1. The summed E-state index contributed by atoms with van der Waals surface area (Å²) >= 11 is 3.51. The zero-order chi connectivity index (χ0) is 14.7. The Bertz CT molecular complexity index is 596. The lowest BCUT2D eigenvalue weighted by Gasteiger charge is -2.13. The first-order chi connectivity index (χ1) is 9.55. The number of aromatic nitrogens is 2. The highest BCUT2D eigenvalue weighted by atomic mass is 79.9. The number of hydrogen-bond acceptors (Lipinski definition) is 3. The van der Waals surface area contributed by atoms with E-state index in [2.05, 4.69) is 21.0 Å². The lowest BCUT2D eigenvalue weighted by Crippen LogP contribution is -2.04. The second-order valence-electron chi connectivity index (χ2n) is 4.74. The summed E-state index contributed by atoms with van der Waals surface area (Å²) in [5.41, 5.74) is 2.85. The predicted octanol–water partition coefficient (Wildman–Crippen LogP) is 3.03. The quantitative estimate of drug-likeness (QED) is 0.911. The fraction of sp³-hybridized carbons (Fsp3) is 0.400. The van der Waals surface area contributed by atoms with Crippen LogP contribution in [0.3, 0.4) is 0 Å². The van der Waals surface area contributed by atoms with Gasteiger partial charge in [-0.1, -0.05) is 22.9 Å². The Morgan fingerprint density at radius 2 is 2.20 bits per heavy atom. The number of nitrogens with zero attached hydrogens (tertiary/aromatic N) is 2. The minimum atomic E-state index is -0.568. The third-order valence-corrected chi connectivity index (χ3v) is 4.07. The van der Waals surface area contributed by atoms with Gasteiger partial charge in [0.05, 0.1) is 18.9 Å². The zero-order valence-electron chi connectivity index (χ0n) is 11.9. The molecule has 20 heavy (non-hydrogen) atoms. The van der Waals surface area contributed by atoms with Gasteiger partial charge in [0, 0.05) is 29.7 Å². The monoisotopic (exact) mass is 338 g/mol. The molecule has 0 saturated carbocycles. The number of halogens is 1. The highest BCUT2D eigenvalue weighted by Crippen LogP contribution is 2.28. The molecule has 0 bridgehead atoms. The molecule has 2 aromatic rings. The number of aliphatic hydroxyl groups is 1. The van der Waals surface area contributed by atoms with Crippen molar-refractivity contribution < 1.29 is 9.84 Å². The first kappa shape index (κ1) is 15.1. The molecule has 1 aromatic heterocycles. The van der Waals surface area contributed by atoms with Gasteiger partial charge < -0.3 is 9.84 Å². The SMILES string of the molecule is CCc1nn(C)cc1C(O)Cc1cc(OC)ccc1Br. The molecule has 0 fully saturated rings. The molecule has 0 spiro atoms. The van der Waals surface area contributed by atoms with E-state index in [9.17, 15) is 5.11 Å². The molecule has 1 heterocycles. The second-order valence-corrected chi connectivity index (χ2v) is 5.59. The topological polar surface area (TPSA) is 47.3 Å². The summed E-state index contributed by atoms with van der Waals surface area (Å²) in [5, 5.41) is 14.8. The molecule has 0 radical (unpaired) electrons. The third-order valence-electron chi connectivity index (χ3n) is 3.30. The maximum Gasteiger partial charge on any atom is 0.119 e. The molecule has 0 aliphatic carbocycles. The van der Waals surface area contributed by atoms with Crippen LogP contribution >= 0.6 is 15.9 Å². The van der Waals surface area contributed by atoms with Crippen LogP contribution in [0.4, 0.5) is 0 Å². The van der Waals surface area contributed by atoms with Crippen molar-refractivity contribution in [3.63, 3.8) is 0 Å². The van der Waals surface area contributed by atoms with Crippen molar-refractivity contribution in [3.05, 3.63) is 45.7 Å². The van der Waals surface area contributed by atoms with Crippen LogP contribution < -0.4 is 4.74 Å². The highest BCUT2D eigenvalue weighted by molar-refractivity contribution is 9.10. The molecular weight excluding hydrogens is 320 g/mol. The molecule has 1 N–H and O–H groups in total. The molecule has 0 saturated heterocycles. The first-order valence-electron chi connectivity index (χ1n) is 6.58. The van der Waals surface area contributed by atoms with Crippen LogP contribution in [-0.4, -0.2) is 22.0 Å². The summed E-state index contributed by atoms with van der Waals surface area (Å²) in [6, 6.07) is 5.77. The summed E-state index contributed by atoms with van der Waals surface area (Å²) in [6.45, 7) is 2.04. The van der Waals surface area contributed by atoms with Gasteiger partial charge in [0.2, 0.25) is 0 Å². The molecule has 0 aliphatic heterocycles. The number of ether oxygens (including phenoxy) is 1. The van der Waals surface area contributed by atoms with Crippen molar-refractivity contribution in [2.24, 2.45) is 7.05 Å². The number of aryl methyl sites for hydroxylation is 2. The van der Waals surface area contributed by atoms with Crippen LogP contribution in [0.15, 0.2) is 28.9 Å². The van der Waals surface area contributed by atoms with Crippen molar-refractivity contribution in [2.75, 3.05) is 7.11 Å². The van der Waals surface area contributed by atoms with E-state index in [0.717, 1.165) is 33.5 Å². The van der Waals surface area contributed by atoms with Crippen LogP contribution in [0.1, 0.15) is 29.8 Å². The molecular formula is C15H19BrN2O2. The molecule has 0 aliphatic rings. The smallest absolute Gasteiger partial charge is 0.119 e. The van der Waals surface area contributed by atoms with Crippen LogP contribution in [0, 0.1) is 0 Å². The van der Waals surface area contributed by atoms with E-state index >= 15 is 0 Å². The number of methoxy groups -OCH3 is 1. The number of rotatable bonds is 5. The minimum absolute atomic E-state index is 0.524. The predicted molar refractivity (Wildman–Crippen MR) is 81.9 cm³/mol. The van der Waals surface area contributed by atoms with E-state index in [0.29, 0.717) is 6.42 Å². The summed E-state index contributed by atoms with van der Waals surface area (Å²) in [4.78, 5) is 0. The van der Waals surface area contributed by atoms with Crippen molar-refractivity contribution in [3.8, 4) is 5.75 Å². The number of benzene rings is 1. The van der Waals surface area contributed by atoms with E-state index in [-0.39, 0.29) is 0 Å². The van der Waals surface area contributed by atoms with Crippen molar-refractivity contribution in [2.45, 2.75) is 25.9 Å². The van der Waals surface area contributed by atoms with E-state index in [1.165, 1.54) is 0 Å². The fourth-order valence-electron chi connectivity index (χ4n) is 2.26. The Labute approximate surface area is 127 Å². The third kappa shape index (κ3) is 3.22. The molecule has 4 nitrogen and oxygen atoms in total. The normalized spacial score (nSPS) is 12.4. The van der Waals surface area contributed by atoms with Crippen molar-refractivity contribution in [1.82, 2.24) is 9.78 Å². The van der Waals surface area contributed by atoms with Gasteiger partial charge in [0.15, 0.2) is 0 Å². The van der Waals surface area contributed by atoms with Gasteiger partial charge in [-0.25, -0.2) is 0 Å². The van der Waals surface area contributed by atoms with Gasteiger partial charge in [-0.05, 0) is 30.2 Å². The van der Waals surface area contributed by atoms with E-state index in [1.807, 2.05) is 38.4 Å². The Morgan fingerprint density at radius 1 is 1.45 bits per heavy atom. The Hall–Kier alpha value is -1.33. The van der Waals surface area contributed by atoms with Gasteiger partial charge in [-0.3, -0.25) is 4.68 Å². The second kappa shape index (κ2) is 6.41. The largest absolute Gasteiger partial charge is 0.497 e. The maximum absolute atomic E-state index is 10.5. The first-order valence-corrected chi connectivity index (χ1v) is 7.37. The molecule has 1 aromatic carbocycles. The average molecular weight is 339 g/mol. The van der Waals surface area contributed by atoms with Gasteiger partial charge in [-0.2, -0.15) is 5.10 Å². The standard InChI is InChI=1S/C15H19BrN2O2/c1-4-14-12(9-18(2)17-14)15(19)8-10-7-11(20-3)5-6-13(10)16/h5-7,9,15,19H,4,8H2,1-3H3. The van der Waals surface area contributed by atoms with Crippen LogP contribution in [0.2, 0.25) is 0 Å². The summed E-state index contributed by atoms with van der Waals surface area (Å²) < 4.78 is 7.95. The molecule has 1 atom stereocenters. The van der Waals surface area contributed by atoms with Crippen LogP contribution in [0.25, 0.3) is 0 Å². The Kier molecular flexibility index (Phi) is 4.83. The van der Waals surface area contributed by atoms with Crippen molar-refractivity contribution in [1.29, 1.82) is 0 Å².